The monoisotopic (exact) mass is 440 g/mol. The fourth-order valence-corrected chi connectivity index (χ4v) is 3.75. The van der Waals surface area contributed by atoms with Gasteiger partial charge in [0.15, 0.2) is 5.82 Å². The quantitative estimate of drug-likeness (QED) is 0.262. The third-order valence-corrected chi connectivity index (χ3v) is 5.61. The third kappa shape index (κ3) is 6.13. The number of hydrogen-bond acceptors (Lipinski definition) is 8. The number of rotatable bonds is 12. The first-order chi connectivity index (χ1) is 15.2. The van der Waals surface area contributed by atoms with Crippen molar-refractivity contribution in [1.29, 1.82) is 0 Å². The van der Waals surface area contributed by atoms with E-state index in [1.165, 1.54) is 0 Å². The molecule has 1 N–H and O–H groups in total. The summed E-state index contributed by atoms with van der Waals surface area (Å²) in [5.41, 5.74) is 3.44. The number of fused-ring (bicyclic) bond motifs is 1. The third-order valence-electron chi connectivity index (χ3n) is 4.77. The lowest BCUT2D eigenvalue weighted by Gasteiger charge is -2.24. The largest absolute Gasteiger partial charge is 0.383 e. The molecule has 9 heteroatoms. The Morgan fingerprint density at radius 2 is 2.06 bits per heavy atom. The molecular formula is C22H28N6O2S. The van der Waals surface area contributed by atoms with E-state index in [9.17, 15) is 4.79 Å². The van der Waals surface area contributed by atoms with E-state index in [0.29, 0.717) is 19.7 Å². The van der Waals surface area contributed by atoms with Gasteiger partial charge in [0.25, 0.3) is 0 Å². The molecule has 31 heavy (non-hydrogen) atoms. The summed E-state index contributed by atoms with van der Waals surface area (Å²) in [4.78, 5) is 29.6. The SMILES string of the molecule is CCN(CCN(C)C=O)c1ncnc2ccc(-c3cccc(SNCCOC)c3)nc12. The van der Waals surface area contributed by atoms with Crippen LogP contribution in [0.15, 0.2) is 47.6 Å². The molecule has 164 valence electrons. The summed E-state index contributed by atoms with van der Waals surface area (Å²) in [5, 5.41) is 0. The van der Waals surface area contributed by atoms with Crippen LogP contribution in [0.25, 0.3) is 22.3 Å². The van der Waals surface area contributed by atoms with Crippen LogP contribution in [0.4, 0.5) is 5.82 Å². The second kappa shape index (κ2) is 11.6. The lowest BCUT2D eigenvalue weighted by Crippen LogP contribution is -2.33. The van der Waals surface area contributed by atoms with Crippen molar-refractivity contribution in [3.05, 3.63) is 42.7 Å². The number of nitrogens with zero attached hydrogens (tertiary/aromatic N) is 5. The van der Waals surface area contributed by atoms with E-state index < -0.39 is 0 Å². The van der Waals surface area contributed by atoms with Crippen LogP contribution in [-0.4, -0.2) is 73.2 Å². The number of anilines is 1. The Morgan fingerprint density at radius 1 is 1.19 bits per heavy atom. The molecular weight excluding hydrogens is 412 g/mol. The fraction of sp³-hybridized carbons (Fsp3) is 0.364. The minimum Gasteiger partial charge on any atom is -0.383 e. The number of likely N-dealkylation sites (N-methyl/N-ethyl adjacent to an activating group) is 2. The number of carbonyl (C=O) groups excluding carboxylic acids is 1. The van der Waals surface area contributed by atoms with Crippen LogP contribution >= 0.6 is 11.9 Å². The van der Waals surface area contributed by atoms with Gasteiger partial charge in [-0.2, -0.15) is 0 Å². The molecule has 8 nitrogen and oxygen atoms in total. The summed E-state index contributed by atoms with van der Waals surface area (Å²) in [7, 11) is 3.46. The van der Waals surface area contributed by atoms with E-state index in [1.807, 2.05) is 24.3 Å². The predicted octanol–water partition coefficient (Wildman–Crippen LogP) is 2.85. The molecule has 3 aromatic rings. The number of ether oxygens (including phenoxy) is 1. The minimum absolute atomic E-state index is 0.609. The number of hydrogen-bond donors (Lipinski definition) is 1. The molecule has 1 amide bonds. The number of aromatic nitrogens is 3. The predicted molar refractivity (Wildman–Crippen MR) is 125 cm³/mol. The first kappa shape index (κ1) is 22.9. The first-order valence-electron chi connectivity index (χ1n) is 10.2. The summed E-state index contributed by atoms with van der Waals surface area (Å²) in [5.74, 6) is 0.778. The van der Waals surface area contributed by atoms with E-state index in [0.717, 1.165) is 52.5 Å². The highest BCUT2D eigenvalue weighted by molar-refractivity contribution is 7.97. The molecule has 0 aliphatic heterocycles. The van der Waals surface area contributed by atoms with Gasteiger partial charge in [0, 0.05) is 50.8 Å². The zero-order valence-electron chi connectivity index (χ0n) is 18.1. The van der Waals surface area contributed by atoms with Crippen LogP contribution in [0.5, 0.6) is 0 Å². The van der Waals surface area contributed by atoms with Gasteiger partial charge in [0.1, 0.15) is 11.8 Å². The Bertz CT molecular complexity index is 1000. The molecule has 0 radical (unpaired) electrons. The van der Waals surface area contributed by atoms with Crippen molar-refractivity contribution in [2.75, 3.05) is 51.8 Å². The number of nitrogens with one attached hydrogen (secondary N) is 1. The summed E-state index contributed by atoms with van der Waals surface area (Å²) in [6.07, 6.45) is 2.39. The molecule has 2 heterocycles. The molecule has 0 bridgehead atoms. The normalized spacial score (nSPS) is 10.9. The maximum atomic E-state index is 10.9. The molecule has 0 aliphatic carbocycles. The second-order valence-corrected chi connectivity index (χ2v) is 7.91. The number of benzene rings is 1. The fourth-order valence-electron chi connectivity index (χ4n) is 3.06. The average Bonchev–Trinajstić information content (AvgIpc) is 2.82. The van der Waals surface area contributed by atoms with Gasteiger partial charge >= 0.3 is 0 Å². The highest BCUT2D eigenvalue weighted by Crippen LogP contribution is 2.27. The standard InChI is InChI=1S/C22H28N6O2S/c1-4-28(12-11-27(2)16-29)22-21-20(23-15-24-22)9-8-19(26-21)17-6-5-7-18(14-17)31-25-10-13-30-3/h5-9,14-16,25H,4,10-13H2,1-3H3. The number of carbonyl (C=O) groups is 1. The summed E-state index contributed by atoms with van der Waals surface area (Å²) in [6.45, 7) is 5.53. The van der Waals surface area contributed by atoms with Gasteiger partial charge in [-0.1, -0.05) is 12.1 Å². The molecule has 0 aliphatic rings. The van der Waals surface area contributed by atoms with E-state index in [4.69, 9.17) is 9.72 Å². The number of pyridine rings is 1. The van der Waals surface area contributed by atoms with Crippen LogP contribution in [-0.2, 0) is 9.53 Å². The van der Waals surface area contributed by atoms with Gasteiger partial charge in [0.05, 0.1) is 17.8 Å². The van der Waals surface area contributed by atoms with Crippen molar-refractivity contribution in [3.63, 3.8) is 0 Å². The van der Waals surface area contributed by atoms with Crippen LogP contribution in [0.2, 0.25) is 0 Å². The van der Waals surface area contributed by atoms with Crippen LogP contribution in [0, 0.1) is 0 Å². The Balaban J connectivity index is 1.88. The summed E-state index contributed by atoms with van der Waals surface area (Å²) >= 11 is 1.57. The topological polar surface area (TPSA) is 83.5 Å². The van der Waals surface area contributed by atoms with Gasteiger partial charge < -0.3 is 14.5 Å². The Morgan fingerprint density at radius 3 is 2.84 bits per heavy atom. The molecule has 0 spiro atoms. The lowest BCUT2D eigenvalue weighted by molar-refractivity contribution is -0.116. The van der Waals surface area contributed by atoms with Gasteiger partial charge in [-0.05, 0) is 43.1 Å². The minimum atomic E-state index is 0.609. The zero-order valence-corrected chi connectivity index (χ0v) is 18.9. The molecule has 0 atom stereocenters. The van der Waals surface area contributed by atoms with Crippen LogP contribution in [0.3, 0.4) is 0 Å². The maximum Gasteiger partial charge on any atom is 0.209 e. The summed E-state index contributed by atoms with van der Waals surface area (Å²) < 4.78 is 8.35. The maximum absolute atomic E-state index is 10.9. The lowest BCUT2D eigenvalue weighted by atomic mass is 10.1. The Hall–Kier alpha value is -2.75. The van der Waals surface area contributed by atoms with Gasteiger partial charge in [-0.3, -0.25) is 9.52 Å². The highest BCUT2D eigenvalue weighted by Gasteiger charge is 2.14. The van der Waals surface area contributed by atoms with Crippen molar-refractivity contribution < 1.29 is 9.53 Å². The average molecular weight is 441 g/mol. The first-order valence-corrected chi connectivity index (χ1v) is 11.0. The van der Waals surface area contributed by atoms with Crippen LogP contribution < -0.4 is 9.62 Å². The molecule has 0 saturated carbocycles. The van der Waals surface area contributed by atoms with E-state index in [2.05, 4.69) is 38.6 Å². The summed E-state index contributed by atoms with van der Waals surface area (Å²) in [6, 6.07) is 12.2. The van der Waals surface area contributed by atoms with E-state index >= 15 is 0 Å². The molecule has 0 saturated heterocycles. The molecule has 0 unspecified atom stereocenters. The Labute approximate surface area is 187 Å². The van der Waals surface area contributed by atoms with Crippen molar-refractivity contribution >= 4 is 35.2 Å². The second-order valence-electron chi connectivity index (χ2n) is 6.94. The number of methoxy groups -OCH3 is 1. The Kier molecular flexibility index (Phi) is 8.57. The van der Waals surface area contributed by atoms with Crippen LogP contribution in [0.1, 0.15) is 6.92 Å². The van der Waals surface area contributed by atoms with E-state index in [-0.39, 0.29) is 0 Å². The molecule has 0 fully saturated rings. The van der Waals surface area contributed by atoms with Crippen molar-refractivity contribution in [3.8, 4) is 11.3 Å². The molecule has 1 aromatic carbocycles. The molecule has 2 aromatic heterocycles. The van der Waals surface area contributed by atoms with Crippen molar-refractivity contribution in [2.45, 2.75) is 11.8 Å². The van der Waals surface area contributed by atoms with Crippen molar-refractivity contribution in [2.24, 2.45) is 0 Å². The van der Waals surface area contributed by atoms with E-state index in [1.54, 1.807) is 37.3 Å². The van der Waals surface area contributed by atoms with Crippen molar-refractivity contribution in [1.82, 2.24) is 24.6 Å². The number of amides is 1. The van der Waals surface area contributed by atoms with Gasteiger partial charge in [-0.15, -0.1) is 0 Å². The zero-order chi connectivity index (χ0) is 22.1. The smallest absolute Gasteiger partial charge is 0.209 e. The van der Waals surface area contributed by atoms with Gasteiger partial charge in [0.2, 0.25) is 6.41 Å². The van der Waals surface area contributed by atoms with Gasteiger partial charge in [-0.25, -0.2) is 15.0 Å². The highest BCUT2D eigenvalue weighted by atomic mass is 32.2. The molecule has 3 rings (SSSR count).